The topological polar surface area (TPSA) is 20.3 Å². The Morgan fingerprint density at radius 3 is 2.57 bits per heavy atom. The molecular weight excluding hydrogens is 214 g/mol. The van der Waals surface area contributed by atoms with Crippen molar-refractivity contribution in [3.8, 4) is 0 Å². The van der Waals surface area contributed by atoms with Crippen molar-refractivity contribution in [1.29, 1.82) is 0 Å². The van der Waals surface area contributed by atoms with E-state index in [2.05, 4.69) is 4.90 Å². The Labute approximate surface area is 95.4 Å². The number of carbonyl (C=O) groups excluding carboxylic acids is 1. The van der Waals surface area contributed by atoms with E-state index in [0.29, 0.717) is 6.42 Å². The SMILES string of the molecule is CC(=O)CCSC(=S)N1CCCCC1. The van der Waals surface area contributed by atoms with Gasteiger partial charge in [-0.2, -0.15) is 0 Å². The van der Waals surface area contributed by atoms with Crippen LogP contribution in [0.15, 0.2) is 0 Å². The van der Waals surface area contributed by atoms with Crippen LogP contribution in [-0.2, 0) is 4.79 Å². The van der Waals surface area contributed by atoms with Crippen molar-refractivity contribution in [1.82, 2.24) is 4.90 Å². The fourth-order valence-corrected chi connectivity index (χ4v) is 2.81. The van der Waals surface area contributed by atoms with Crippen LogP contribution in [0, 0.1) is 0 Å². The molecule has 0 aliphatic carbocycles. The standard InChI is InChI=1S/C10H17NOS2/c1-9(12)5-8-14-10(13)11-6-3-2-4-7-11/h2-8H2,1H3. The first-order valence-electron chi connectivity index (χ1n) is 5.11. The number of nitrogens with zero attached hydrogens (tertiary/aromatic N) is 1. The number of carbonyl (C=O) groups is 1. The molecule has 2 nitrogen and oxygen atoms in total. The molecule has 1 heterocycles. The maximum atomic E-state index is 10.7. The fraction of sp³-hybridized carbons (Fsp3) is 0.800. The summed E-state index contributed by atoms with van der Waals surface area (Å²) in [5.74, 6) is 1.09. The second-order valence-electron chi connectivity index (χ2n) is 3.61. The maximum absolute atomic E-state index is 10.7. The van der Waals surface area contributed by atoms with Crippen LogP contribution in [0.2, 0.25) is 0 Å². The predicted octanol–water partition coefficient (Wildman–Crippen LogP) is 2.47. The van der Waals surface area contributed by atoms with Crippen LogP contribution in [0.3, 0.4) is 0 Å². The molecule has 0 N–H and O–H groups in total. The van der Waals surface area contributed by atoms with Gasteiger partial charge in [0, 0.05) is 25.3 Å². The summed E-state index contributed by atoms with van der Waals surface area (Å²) < 4.78 is 0.978. The van der Waals surface area contributed by atoms with Crippen molar-refractivity contribution < 1.29 is 4.79 Å². The highest BCUT2D eigenvalue weighted by Gasteiger charge is 2.13. The Morgan fingerprint density at radius 1 is 1.36 bits per heavy atom. The van der Waals surface area contributed by atoms with Gasteiger partial charge in [-0.1, -0.05) is 24.0 Å². The molecule has 0 atom stereocenters. The number of thiocarbonyl (C=S) groups is 1. The first-order valence-corrected chi connectivity index (χ1v) is 6.50. The van der Waals surface area contributed by atoms with Gasteiger partial charge >= 0.3 is 0 Å². The minimum atomic E-state index is 0.249. The number of thioether (sulfide) groups is 1. The van der Waals surface area contributed by atoms with Crippen LogP contribution >= 0.6 is 24.0 Å². The van der Waals surface area contributed by atoms with Crippen molar-refractivity contribution in [3.63, 3.8) is 0 Å². The van der Waals surface area contributed by atoms with Crippen molar-refractivity contribution in [3.05, 3.63) is 0 Å². The molecule has 0 saturated carbocycles. The molecule has 1 aliphatic rings. The molecule has 1 saturated heterocycles. The zero-order valence-corrected chi connectivity index (χ0v) is 10.3. The number of hydrogen-bond acceptors (Lipinski definition) is 3. The van der Waals surface area contributed by atoms with Gasteiger partial charge in [-0.3, -0.25) is 4.79 Å². The Balaban J connectivity index is 2.16. The molecule has 0 unspecified atom stereocenters. The Kier molecular flexibility index (Phi) is 5.48. The van der Waals surface area contributed by atoms with Crippen molar-refractivity contribution in [2.45, 2.75) is 32.6 Å². The zero-order valence-electron chi connectivity index (χ0n) is 8.62. The molecule has 1 rings (SSSR count). The summed E-state index contributed by atoms with van der Waals surface area (Å²) in [6, 6.07) is 0. The van der Waals surface area contributed by atoms with E-state index < -0.39 is 0 Å². The predicted molar refractivity (Wildman–Crippen MR) is 65.8 cm³/mol. The van der Waals surface area contributed by atoms with Gasteiger partial charge in [0.05, 0.1) is 0 Å². The van der Waals surface area contributed by atoms with Gasteiger partial charge in [0.2, 0.25) is 0 Å². The Morgan fingerprint density at radius 2 is 2.00 bits per heavy atom. The average molecular weight is 231 g/mol. The monoisotopic (exact) mass is 231 g/mol. The lowest BCUT2D eigenvalue weighted by molar-refractivity contribution is -0.116. The molecule has 1 aliphatic heterocycles. The van der Waals surface area contributed by atoms with Crippen molar-refractivity contribution in [2.24, 2.45) is 0 Å². The van der Waals surface area contributed by atoms with Gasteiger partial charge in [0.15, 0.2) is 0 Å². The lowest BCUT2D eigenvalue weighted by Crippen LogP contribution is -2.32. The number of Topliss-reactive ketones (excluding diaryl/α,β-unsaturated/α-hetero) is 1. The van der Waals surface area contributed by atoms with Crippen LogP contribution in [0.5, 0.6) is 0 Å². The van der Waals surface area contributed by atoms with Crippen LogP contribution in [0.1, 0.15) is 32.6 Å². The summed E-state index contributed by atoms with van der Waals surface area (Å²) in [6.45, 7) is 3.84. The van der Waals surface area contributed by atoms with Crippen LogP contribution < -0.4 is 0 Å². The third kappa shape index (κ3) is 4.42. The normalized spacial score (nSPS) is 16.8. The number of ketones is 1. The van der Waals surface area contributed by atoms with Crippen molar-refractivity contribution in [2.75, 3.05) is 18.8 Å². The van der Waals surface area contributed by atoms with E-state index in [9.17, 15) is 4.79 Å². The van der Waals surface area contributed by atoms with Gasteiger partial charge in [0.1, 0.15) is 10.1 Å². The van der Waals surface area contributed by atoms with Crippen LogP contribution in [0.25, 0.3) is 0 Å². The summed E-state index contributed by atoms with van der Waals surface area (Å²) >= 11 is 6.95. The lowest BCUT2D eigenvalue weighted by atomic mass is 10.1. The molecule has 0 aromatic rings. The molecule has 14 heavy (non-hydrogen) atoms. The summed E-state index contributed by atoms with van der Waals surface area (Å²) in [5, 5.41) is 0. The van der Waals surface area contributed by atoms with E-state index in [0.717, 1.165) is 23.2 Å². The fourth-order valence-electron chi connectivity index (χ4n) is 1.45. The maximum Gasteiger partial charge on any atom is 0.136 e. The second kappa shape index (κ2) is 6.40. The Bertz CT molecular complexity index is 212. The van der Waals surface area contributed by atoms with Crippen LogP contribution in [-0.4, -0.2) is 33.8 Å². The number of hydrogen-bond donors (Lipinski definition) is 0. The van der Waals surface area contributed by atoms with E-state index >= 15 is 0 Å². The summed E-state index contributed by atoms with van der Waals surface area (Å²) in [4.78, 5) is 13.0. The highest BCUT2D eigenvalue weighted by atomic mass is 32.2. The summed E-state index contributed by atoms with van der Waals surface area (Å²) in [5.41, 5.74) is 0. The first-order chi connectivity index (χ1) is 6.70. The molecule has 4 heteroatoms. The minimum absolute atomic E-state index is 0.249. The lowest BCUT2D eigenvalue weighted by Gasteiger charge is -2.28. The quantitative estimate of drug-likeness (QED) is 0.695. The second-order valence-corrected chi connectivity index (χ2v) is 5.34. The summed E-state index contributed by atoms with van der Waals surface area (Å²) in [7, 11) is 0. The van der Waals surface area contributed by atoms with E-state index in [1.165, 1.54) is 19.3 Å². The Hall–Kier alpha value is -0.0900. The van der Waals surface area contributed by atoms with Gasteiger partial charge in [-0.05, 0) is 26.2 Å². The third-order valence-electron chi connectivity index (χ3n) is 2.29. The number of rotatable bonds is 3. The third-order valence-corrected chi connectivity index (χ3v) is 3.82. The number of likely N-dealkylation sites (tertiary alicyclic amines) is 1. The van der Waals surface area contributed by atoms with Gasteiger partial charge in [-0.25, -0.2) is 0 Å². The van der Waals surface area contributed by atoms with Gasteiger partial charge in [-0.15, -0.1) is 0 Å². The molecule has 0 radical (unpaired) electrons. The average Bonchev–Trinajstić information content (AvgIpc) is 2.18. The smallest absolute Gasteiger partial charge is 0.136 e. The molecule has 0 aromatic heterocycles. The van der Waals surface area contributed by atoms with Gasteiger partial charge in [0.25, 0.3) is 0 Å². The van der Waals surface area contributed by atoms with Crippen molar-refractivity contribution >= 4 is 34.1 Å². The van der Waals surface area contributed by atoms with Crippen LogP contribution in [0.4, 0.5) is 0 Å². The van der Waals surface area contributed by atoms with Gasteiger partial charge < -0.3 is 4.90 Å². The molecule has 80 valence electrons. The molecular formula is C10H17NOS2. The van der Waals surface area contributed by atoms with E-state index in [1.54, 1.807) is 18.7 Å². The van der Waals surface area contributed by atoms with E-state index in [4.69, 9.17) is 12.2 Å². The highest BCUT2D eigenvalue weighted by molar-refractivity contribution is 8.22. The molecule has 0 bridgehead atoms. The molecule has 1 fully saturated rings. The minimum Gasteiger partial charge on any atom is -0.358 e. The van der Waals surface area contributed by atoms with E-state index in [1.807, 2.05) is 0 Å². The number of piperidine rings is 1. The molecule has 0 spiro atoms. The first kappa shape index (κ1) is 12.0. The molecule has 0 aromatic carbocycles. The largest absolute Gasteiger partial charge is 0.358 e. The highest BCUT2D eigenvalue weighted by Crippen LogP contribution is 2.16. The zero-order chi connectivity index (χ0) is 10.4. The van der Waals surface area contributed by atoms with E-state index in [-0.39, 0.29) is 5.78 Å². The summed E-state index contributed by atoms with van der Waals surface area (Å²) in [6.07, 6.45) is 4.48. The molecule has 0 amide bonds.